The molecule has 0 radical (unpaired) electrons. The Kier molecular flexibility index (Phi) is 3.24. The van der Waals surface area contributed by atoms with Gasteiger partial charge in [-0.15, -0.1) is 0 Å². The van der Waals surface area contributed by atoms with Gasteiger partial charge >= 0.3 is 0 Å². The number of hydrogen-bond donors (Lipinski definition) is 1. The van der Waals surface area contributed by atoms with Crippen molar-refractivity contribution in [2.75, 3.05) is 0 Å². The van der Waals surface area contributed by atoms with Gasteiger partial charge in [0.05, 0.1) is 6.10 Å². The zero-order valence-corrected chi connectivity index (χ0v) is 9.70. The molecule has 0 heterocycles. The molecule has 0 bridgehead atoms. The van der Waals surface area contributed by atoms with Crippen LogP contribution in [-0.4, -0.2) is 5.11 Å². The first-order chi connectivity index (χ1) is 6.77. The van der Waals surface area contributed by atoms with Crippen molar-refractivity contribution in [1.82, 2.24) is 0 Å². The fourth-order valence-corrected chi connectivity index (χ4v) is 2.65. The molecule has 1 atom stereocenters. The van der Waals surface area contributed by atoms with E-state index in [0.29, 0.717) is 5.92 Å². The van der Waals surface area contributed by atoms with Crippen molar-refractivity contribution < 1.29 is 5.11 Å². The van der Waals surface area contributed by atoms with E-state index in [1.807, 2.05) is 24.3 Å². The summed E-state index contributed by atoms with van der Waals surface area (Å²) in [5.74, 6) is 0.476. The highest BCUT2D eigenvalue weighted by Gasteiger charge is 2.24. The Hall–Kier alpha value is -0.340. The fourth-order valence-electron chi connectivity index (χ4n) is 2.24. The summed E-state index contributed by atoms with van der Waals surface area (Å²) in [5.41, 5.74) is 1.05. The van der Waals surface area contributed by atoms with Gasteiger partial charge in [-0.3, -0.25) is 0 Å². The minimum Gasteiger partial charge on any atom is -0.388 e. The van der Waals surface area contributed by atoms with E-state index >= 15 is 0 Å². The zero-order chi connectivity index (χ0) is 9.97. The molecule has 1 aliphatic carbocycles. The lowest BCUT2D eigenvalue weighted by Gasteiger charge is -2.17. The maximum atomic E-state index is 10.1. The van der Waals surface area contributed by atoms with Crippen LogP contribution in [0.15, 0.2) is 28.7 Å². The number of halogens is 1. The molecular formula is C12H15BrO. The molecule has 1 aliphatic rings. The largest absolute Gasteiger partial charge is 0.388 e. The lowest BCUT2D eigenvalue weighted by Crippen LogP contribution is -2.08. The van der Waals surface area contributed by atoms with E-state index in [-0.39, 0.29) is 6.10 Å². The van der Waals surface area contributed by atoms with Crippen LogP contribution in [0.2, 0.25) is 0 Å². The minimum absolute atomic E-state index is 0.269. The molecule has 1 nitrogen and oxygen atoms in total. The molecular weight excluding hydrogens is 240 g/mol. The smallest absolute Gasteiger partial charge is 0.0818 e. The summed E-state index contributed by atoms with van der Waals surface area (Å²) in [6.07, 6.45) is 4.63. The topological polar surface area (TPSA) is 20.2 Å². The number of rotatable bonds is 2. The maximum absolute atomic E-state index is 10.1. The summed E-state index contributed by atoms with van der Waals surface area (Å²) in [4.78, 5) is 0. The SMILES string of the molecule is O[C@@H](c1cccc(Br)c1)C1CCCC1. The Bertz CT molecular complexity index is 305. The van der Waals surface area contributed by atoms with E-state index in [1.165, 1.54) is 25.7 Å². The second kappa shape index (κ2) is 4.45. The third-order valence-corrected chi connectivity index (χ3v) is 3.53. The average Bonchev–Trinajstić information content (AvgIpc) is 2.69. The Labute approximate surface area is 93.3 Å². The zero-order valence-electron chi connectivity index (χ0n) is 8.12. The fraction of sp³-hybridized carbons (Fsp3) is 0.500. The monoisotopic (exact) mass is 254 g/mol. The number of hydrogen-bond acceptors (Lipinski definition) is 1. The van der Waals surface area contributed by atoms with Gasteiger partial charge in [0.1, 0.15) is 0 Å². The summed E-state index contributed by atoms with van der Waals surface area (Å²) in [5, 5.41) is 10.1. The molecule has 0 spiro atoms. The third kappa shape index (κ3) is 2.18. The molecule has 0 amide bonds. The predicted molar refractivity (Wildman–Crippen MR) is 61.1 cm³/mol. The summed E-state index contributed by atoms with van der Waals surface area (Å²) in [6.45, 7) is 0. The van der Waals surface area contributed by atoms with Crippen LogP contribution in [0.5, 0.6) is 0 Å². The standard InChI is InChI=1S/C12H15BrO/c13-11-7-3-6-10(8-11)12(14)9-4-1-2-5-9/h3,6-9,12,14H,1-2,4-5H2/t12-/m1/s1. The number of benzene rings is 1. The molecule has 14 heavy (non-hydrogen) atoms. The Morgan fingerprint density at radius 3 is 2.64 bits per heavy atom. The third-order valence-electron chi connectivity index (χ3n) is 3.04. The van der Waals surface area contributed by atoms with Gasteiger partial charge in [0, 0.05) is 4.47 Å². The molecule has 2 rings (SSSR count). The van der Waals surface area contributed by atoms with Crippen molar-refractivity contribution in [1.29, 1.82) is 0 Å². The molecule has 2 heteroatoms. The van der Waals surface area contributed by atoms with Crippen LogP contribution in [0.3, 0.4) is 0 Å². The van der Waals surface area contributed by atoms with Gasteiger partial charge in [-0.25, -0.2) is 0 Å². The van der Waals surface area contributed by atoms with Crippen molar-refractivity contribution in [2.24, 2.45) is 5.92 Å². The molecule has 1 saturated carbocycles. The number of aliphatic hydroxyl groups is 1. The first-order valence-electron chi connectivity index (χ1n) is 5.21. The van der Waals surface area contributed by atoms with E-state index in [1.54, 1.807) is 0 Å². The van der Waals surface area contributed by atoms with E-state index < -0.39 is 0 Å². The van der Waals surface area contributed by atoms with Gasteiger partial charge in [-0.2, -0.15) is 0 Å². The highest BCUT2D eigenvalue weighted by atomic mass is 79.9. The van der Waals surface area contributed by atoms with Crippen LogP contribution in [0, 0.1) is 5.92 Å². The highest BCUT2D eigenvalue weighted by molar-refractivity contribution is 9.10. The van der Waals surface area contributed by atoms with Crippen LogP contribution in [0.4, 0.5) is 0 Å². The summed E-state index contributed by atoms with van der Waals surface area (Å²) < 4.78 is 1.05. The Balaban J connectivity index is 2.13. The summed E-state index contributed by atoms with van der Waals surface area (Å²) >= 11 is 3.43. The molecule has 0 aromatic heterocycles. The normalized spacial score (nSPS) is 19.9. The lowest BCUT2D eigenvalue weighted by atomic mass is 9.95. The summed E-state index contributed by atoms with van der Waals surface area (Å²) in [7, 11) is 0. The minimum atomic E-state index is -0.269. The van der Waals surface area contributed by atoms with Crippen molar-refractivity contribution in [2.45, 2.75) is 31.8 Å². The van der Waals surface area contributed by atoms with Gasteiger partial charge in [0.25, 0.3) is 0 Å². The van der Waals surface area contributed by atoms with Crippen LogP contribution in [-0.2, 0) is 0 Å². The van der Waals surface area contributed by atoms with Crippen molar-refractivity contribution in [3.63, 3.8) is 0 Å². The first kappa shape index (κ1) is 10.2. The van der Waals surface area contributed by atoms with Crippen molar-refractivity contribution >= 4 is 15.9 Å². The molecule has 76 valence electrons. The average molecular weight is 255 g/mol. The molecule has 1 aromatic carbocycles. The quantitative estimate of drug-likeness (QED) is 0.854. The first-order valence-corrected chi connectivity index (χ1v) is 6.00. The lowest BCUT2D eigenvalue weighted by molar-refractivity contribution is 0.111. The second-order valence-corrected chi connectivity index (χ2v) is 4.96. The number of aliphatic hydroxyl groups excluding tert-OH is 1. The van der Waals surface area contributed by atoms with Crippen LogP contribution in [0.1, 0.15) is 37.4 Å². The molecule has 1 fully saturated rings. The maximum Gasteiger partial charge on any atom is 0.0818 e. The van der Waals surface area contributed by atoms with Crippen LogP contribution in [0.25, 0.3) is 0 Å². The Morgan fingerprint density at radius 2 is 2.00 bits per heavy atom. The van der Waals surface area contributed by atoms with Crippen LogP contribution < -0.4 is 0 Å². The van der Waals surface area contributed by atoms with Gasteiger partial charge in [-0.05, 0) is 36.5 Å². The van der Waals surface area contributed by atoms with Crippen molar-refractivity contribution in [3.8, 4) is 0 Å². The van der Waals surface area contributed by atoms with Gasteiger partial charge in [-0.1, -0.05) is 40.9 Å². The van der Waals surface area contributed by atoms with Gasteiger partial charge in [0.2, 0.25) is 0 Å². The molecule has 0 unspecified atom stereocenters. The van der Waals surface area contributed by atoms with Gasteiger partial charge < -0.3 is 5.11 Å². The Morgan fingerprint density at radius 1 is 1.29 bits per heavy atom. The van der Waals surface area contributed by atoms with E-state index in [2.05, 4.69) is 15.9 Å². The molecule has 0 saturated heterocycles. The van der Waals surface area contributed by atoms with Crippen molar-refractivity contribution in [3.05, 3.63) is 34.3 Å². The second-order valence-electron chi connectivity index (χ2n) is 4.04. The van der Waals surface area contributed by atoms with E-state index in [0.717, 1.165) is 10.0 Å². The van der Waals surface area contributed by atoms with E-state index in [9.17, 15) is 5.11 Å². The van der Waals surface area contributed by atoms with Gasteiger partial charge in [0.15, 0.2) is 0 Å². The van der Waals surface area contributed by atoms with E-state index in [4.69, 9.17) is 0 Å². The molecule has 0 aliphatic heterocycles. The molecule has 1 N–H and O–H groups in total. The predicted octanol–water partition coefficient (Wildman–Crippen LogP) is 3.67. The molecule has 1 aromatic rings. The summed E-state index contributed by atoms with van der Waals surface area (Å²) in [6, 6.07) is 8.00. The highest BCUT2D eigenvalue weighted by Crippen LogP contribution is 2.35. The van der Waals surface area contributed by atoms with Crippen LogP contribution >= 0.6 is 15.9 Å².